The lowest BCUT2D eigenvalue weighted by molar-refractivity contribution is 0.0455. The number of ether oxygens (including phenoxy) is 1. The average molecular weight is 566 g/mol. The Morgan fingerprint density at radius 1 is 1.00 bits per heavy atom. The van der Waals surface area contributed by atoms with Crippen LogP contribution in [0.3, 0.4) is 0 Å². The maximum Gasteiger partial charge on any atom is 0.132 e. The summed E-state index contributed by atoms with van der Waals surface area (Å²) in [5.41, 5.74) is 3.36. The first-order valence-corrected chi connectivity index (χ1v) is 14.6. The number of rotatable bonds is 9. The van der Waals surface area contributed by atoms with Crippen LogP contribution < -0.4 is 5.32 Å². The number of hydrogen-bond acceptors (Lipinski definition) is 7. The Morgan fingerprint density at radius 2 is 1.79 bits per heavy atom. The van der Waals surface area contributed by atoms with Gasteiger partial charge < -0.3 is 10.1 Å². The molecule has 0 unspecified atom stereocenters. The summed E-state index contributed by atoms with van der Waals surface area (Å²) in [5, 5.41) is 14.2. The van der Waals surface area contributed by atoms with E-state index in [4.69, 9.17) is 32.9 Å². The predicted molar refractivity (Wildman–Crippen MR) is 154 cm³/mol. The van der Waals surface area contributed by atoms with Crippen molar-refractivity contribution in [3.05, 3.63) is 64.4 Å². The SMILES string of the molecule is N#CC1(CNc2cccc(-c3cc(CC4CCC(CCc5cc(Cl)ncn5)CC4)ncc3Cl)n2)CCOCC1. The van der Waals surface area contributed by atoms with E-state index in [1.165, 1.54) is 25.7 Å². The molecule has 1 saturated carbocycles. The number of aromatic nitrogens is 4. The molecule has 2 fully saturated rings. The summed E-state index contributed by atoms with van der Waals surface area (Å²) in [4.78, 5) is 17.8. The molecule has 0 radical (unpaired) electrons. The number of pyridine rings is 2. The Hall–Kier alpha value is -2.79. The standard InChI is InChI=1S/C30H34Cl2N6O/c31-26-17-34-24(14-22-6-4-21(5-7-22)8-9-23-16-28(32)37-20-36-23)15-25(26)27-2-1-3-29(38-27)35-19-30(18-33)10-12-39-13-11-30/h1-3,15-17,20-22H,4-14,19H2,(H,35,38). The molecular weight excluding hydrogens is 531 g/mol. The second kappa shape index (κ2) is 13.0. The van der Waals surface area contributed by atoms with Gasteiger partial charge in [0, 0.05) is 42.9 Å². The van der Waals surface area contributed by atoms with E-state index in [1.807, 2.05) is 24.3 Å². The summed E-state index contributed by atoms with van der Waals surface area (Å²) in [6, 6.07) is 12.3. The molecule has 39 heavy (non-hydrogen) atoms. The lowest BCUT2D eigenvalue weighted by Crippen LogP contribution is -2.34. The van der Waals surface area contributed by atoms with E-state index in [0.29, 0.717) is 35.9 Å². The molecule has 1 aliphatic heterocycles. The number of nitriles is 1. The molecule has 1 aliphatic carbocycles. The van der Waals surface area contributed by atoms with Gasteiger partial charge in [0.25, 0.3) is 0 Å². The van der Waals surface area contributed by atoms with Crippen molar-refractivity contribution in [3.63, 3.8) is 0 Å². The van der Waals surface area contributed by atoms with Crippen LogP contribution in [0.15, 0.2) is 42.9 Å². The first kappa shape index (κ1) is 27.8. The Labute approximate surface area is 240 Å². The Bertz CT molecular complexity index is 1300. The number of anilines is 1. The predicted octanol–water partition coefficient (Wildman–Crippen LogP) is 6.95. The molecule has 2 aliphatic rings. The smallest absolute Gasteiger partial charge is 0.132 e. The van der Waals surface area contributed by atoms with Crippen LogP contribution in [-0.4, -0.2) is 39.7 Å². The summed E-state index contributed by atoms with van der Waals surface area (Å²) in [6.45, 7) is 1.80. The summed E-state index contributed by atoms with van der Waals surface area (Å²) in [7, 11) is 0. The molecule has 204 valence electrons. The Kier molecular flexibility index (Phi) is 9.28. The van der Waals surface area contributed by atoms with Crippen LogP contribution in [0.25, 0.3) is 11.3 Å². The second-order valence-corrected chi connectivity index (χ2v) is 11.7. The van der Waals surface area contributed by atoms with Gasteiger partial charge in [-0.1, -0.05) is 42.1 Å². The molecule has 0 amide bonds. The van der Waals surface area contributed by atoms with Gasteiger partial charge in [0.1, 0.15) is 17.3 Å². The third kappa shape index (κ3) is 7.45. The van der Waals surface area contributed by atoms with E-state index < -0.39 is 5.41 Å². The van der Waals surface area contributed by atoms with E-state index in [-0.39, 0.29) is 0 Å². The van der Waals surface area contributed by atoms with Crippen molar-refractivity contribution in [2.45, 2.75) is 57.8 Å². The van der Waals surface area contributed by atoms with Crippen molar-refractivity contribution in [3.8, 4) is 17.3 Å². The molecule has 0 spiro atoms. The number of halogens is 2. The van der Waals surface area contributed by atoms with Crippen LogP contribution >= 0.6 is 23.2 Å². The quantitative estimate of drug-likeness (QED) is 0.280. The van der Waals surface area contributed by atoms with Gasteiger partial charge in [0.2, 0.25) is 0 Å². The van der Waals surface area contributed by atoms with Crippen molar-refractivity contribution in [1.29, 1.82) is 5.26 Å². The second-order valence-electron chi connectivity index (χ2n) is 10.9. The first-order chi connectivity index (χ1) is 19.0. The molecule has 1 saturated heterocycles. The zero-order valence-corrected chi connectivity index (χ0v) is 23.6. The highest BCUT2D eigenvalue weighted by Gasteiger charge is 2.32. The van der Waals surface area contributed by atoms with Crippen LogP contribution in [0, 0.1) is 28.6 Å². The topological polar surface area (TPSA) is 96.6 Å². The minimum atomic E-state index is -0.417. The van der Waals surface area contributed by atoms with E-state index in [1.54, 1.807) is 12.5 Å². The maximum atomic E-state index is 9.75. The number of aryl methyl sites for hydroxylation is 1. The van der Waals surface area contributed by atoms with Crippen LogP contribution in [-0.2, 0) is 17.6 Å². The number of nitrogens with one attached hydrogen (secondary N) is 1. The lowest BCUT2D eigenvalue weighted by Gasteiger charge is -2.30. The van der Waals surface area contributed by atoms with Gasteiger partial charge in [-0.05, 0) is 81.0 Å². The zero-order chi connectivity index (χ0) is 27.1. The molecule has 1 N–H and O–H groups in total. The normalized spacial score (nSPS) is 20.7. The molecular formula is C30H34Cl2N6O. The third-order valence-electron chi connectivity index (χ3n) is 8.20. The van der Waals surface area contributed by atoms with Crippen molar-refractivity contribution in [1.82, 2.24) is 19.9 Å². The van der Waals surface area contributed by atoms with Gasteiger partial charge in [-0.3, -0.25) is 4.98 Å². The summed E-state index contributed by atoms with van der Waals surface area (Å²) in [6.07, 6.45) is 12.7. The minimum Gasteiger partial charge on any atom is -0.381 e. The van der Waals surface area contributed by atoms with Gasteiger partial charge in [0.15, 0.2) is 0 Å². The third-order valence-corrected chi connectivity index (χ3v) is 8.70. The van der Waals surface area contributed by atoms with E-state index in [2.05, 4.69) is 32.4 Å². The molecule has 7 nitrogen and oxygen atoms in total. The fourth-order valence-electron chi connectivity index (χ4n) is 5.70. The molecule has 5 rings (SSSR count). The van der Waals surface area contributed by atoms with E-state index in [0.717, 1.165) is 66.5 Å². The van der Waals surface area contributed by atoms with Crippen molar-refractivity contribution in [2.75, 3.05) is 25.1 Å². The van der Waals surface area contributed by atoms with Gasteiger partial charge >= 0.3 is 0 Å². The lowest BCUT2D eigenvalue weighted by atomic mass is 9.78. The molecule has 0 aromatic carbocycles. The average Bonchev–Trinajstić information content (AvgIpc) is 2.97. The monoisotopic (exact) mass is 564 g/mol. The Morgan fingerprint density at radius 3 is 2.56 bits per heavy atom. The highest BCUT2D eigenvalue weighted by molar-refractivity contribution is 6.33. The summed E-state index contributed by atoms with van der Waals surface area (Å²) >= 11 is 12.6. The maximum absolute atomic E-state index is 9.75. The van der Waals surface area contributed by atoms with Gasteiger partial charge in [0.05, 0.1) is 22.2 Å². The van der Waals surface area contributed by atoms with Crippen LogP contribution in [0.5, 0.6) is 0 Å². The van der Waals surface area contributed by atoms with Gasteiger partial charge in [-0.25, -0.2) is 15.0 Å². The molecule has 3 aromatic heterocycles. The van der Waals surface area contributed by atoms with Crippen molar-refractivity contribution in [2.24, 2.45) is 17.3 Å². The first-order valence-electron chi connectivity index (χ1n) is 13.8. The van der Waals surface area contributed by atoms with Gasteiger partial charge in [-0.2, -0.15) is 5.26 Å². The summed E-state index contributed by atoms with van der Waals surface area (Å²) in [5.74, 6) is 2.09. The fourth-order valence-corrected chi connectivity index (χ4v) is 6.07. The van der Waals surface area contributed by atoms with E-state index in [9.17, 15) is 5.26 Å². The molecule has 4 heterocycles. The molecule has 3 aromatic rings. The highest BCUT2D eigenvalue weighted by Crippen LogP contribution is 2.35. The fraction of sp³-hybridized carbons (Fsp3) is 0.500. The molecule has 0 bridgehead atoms. The van der Waals surface area contributed by atoms with Gasteiger partial charge in [-0.15, -0.1) is 0 Å². The molecule has 9 heteroatoms. The van der Waals surface area contributed by atoms with Crippen LogP contribution in [0.2, 0.25) is 10.2 Å². The Balaban J connectivity index is 1.17. The molecule has 0 atom stereocenters. The highest BCUT2D eigenvalue weighted by atomic mass is 35.5. The van der Waals surface area contributed by atoms with Crippen LogP contribution in [0.1, 0.15) is 56.3 Å². The van der Waals surface area contributed by atoms with E-state index >= 15 is 0 Å². The largest absolute Gasteiger partial charge is 0.381 e. The zero-order valence-electron chi connectivity index (χ0n) is 22.1. The van der Waals surface area contributed by atoms with Crippen LogP contribution in [0.4, 0.5) is 5.82 Å². The minimum absolute atomic E-state index is 0.417. The number of nitrogens with zero attached hydrogens (tertiary/aromatic N) is 5. The van der Waals surface area contributed by atoms with Crippen molar-refractivity contribution < 1.29 is 4.74 Å². The number of hydrogen-bond donors (Lipinski definition) is 1. The summed E-state index contributed by atoms with van der Waals surface area (Å²) < 4.78 is 5.45. The van der Waals surface area contributed by atoms with Crippen molar-refractivity contribution >= 4 is 29.0 Å².